The predicted octanol–water partition coefficient (Wildman–Crippen LogP) is 4.06. The molecule has 0 saturated carbocycles. The van der Waals surface area contributed by atoms with E-state index in [9.17, 15) is 14.7 Å². The average molecular weight is 467 g/mol. The Balaban J connectivity index is 1.87. The summed E-state index contributed by atoms with van der Waals surface area (Å²) in [6, 6.07) is 11.8. The number of benzene rings is 1. The number of ketones is 1. The van der Waals surface area contributed by atoms with E-state index in [1.807, 2.05) is 18.2 Å². The molecule has 33 heavy (non-hydrogen) atoms. The van der Waals surface area contributed by atoms with E-state index in [0.29, 0.717) is 40.7 Å². The van der Waals surface area contributed by atoms with E-state index in [2.05, 4.69) is 23.7 Å². The van der Waals surface area contributed by atoms with Crippen molar-refractivity contribution in [1.82, 2.24) is 19.2 Å². The Kier molecular flexibility index (Phi) is 6.54. The van der Waals surface area contributed by atoms with E-state index >= 15 is 0 Å². The number of pyridine rings is 1. The topological polar surface area (TPSA) is 78.2 Å². The minimum absolute atomic E-state index is 0.0654. The van der Waals surface area contributed by atoms with Gasteiger partial charge >= 0.3 is 0 Å². The molecule has 0 unspecified atom stereocenters. The van der Waals surface area contributed by atoms with Crippen LogP contribution in [0.5, 0.6) is 0 Å². The zero-order valence-electron chi connectivity index (χ0n) is 19.0. The third-order valence-corrected chi connectivity index (χ3v) is 6.46. The molecule has 1 amide bonds. The van der Waals surface area contributed by atoms with Gasteiger partial charge in [-0.05, 0) is 49.8 Å². The zero-order chi connectivity index (χ0) is 23.7. The van der Waals surface area contributed by atoms with Crippen molar-refractivity contribution >= 4 is 34.7 Å². The molecule has 2 aromatic heterocycles. The van der Waals surface area contributed by atoms with Gasteiger partial charge in [-0.25, -0.2) is 4.98 Å². The highest BCUT2D eigenvalue weighted by molar-refractivity contribution is 6.46. The number of fused-ring (bicyclic) bond motifs is 1. The maximum Gasteiger partial charge on any atom is 0.295 e. The molecule has 3 aromatic rings. The SMILES string of the molecule is CCN(CC)CCN1C(=O)C(=O)C(=C(O)c2c(C)nc3ccccn23)[C@@H]1c1ccc(Cl)cc1. The van der Waals surface area contributed by atoms with Crippen molar-refractivity contribution in [2.75, 3.05) is 26.2 Å². The molecule has 1 aromatic carbocycles. The van der Waals surface area contributed by atoms with Crippen molar-refractivity contribution in [2.24, 2.45) is 0 Å². The standard InChI is InChI=1S/C25H27ClN4O3/c1-4-28(5-2)14-15-30-22(17-9-11-18(26)12-10-17)20(24(32)25(30)33)23(31)21-16(3)27-19-8-6-7-13-29(19)21/h6-13,22,31H,4-5,14-15H2,1-3H3/t22-/m0/s1. The van der Waals surface area contributed by atoms with Gasteiger partial charge in [-0.3, -0.25) is 14.0 Å². The Morgan fingerprint density at radius 1 is 1.12 bits per heavy atom. The average Bonchev–Trinajstić information content (AvgIpc) is 3.28. The van der Waals surface area contributed by atoms with E-state index in [4.69, 9.17) is 11.6 Å². The number of imidazole rings is 1. The van der Waals surface area contributed by atoms with Crippen LogP contribution in [-0.4, -0.2) is 62.2 Å². The van der Waals surface area contributed by atoms with Gasteiger partial charge in [0, 0.05) is 24.3 Å². The summed E-state index contributed by atoms with van der Waals surface area (Å²) < 4.78 is 1.73. The second-order valence-corrected chi connectivity index (χ2v) is 8.48. The van der Waals surface area contributed by atoms with Crippen LogP contribution in [-0.2, 0) is 9.59 Å². The number of aliphatic hydroxyl groups is 1. The second kappa shape index (κ2) is 9.37. The van der Waals surface area contributed by atoms with E-state index < -0.39 is 17.7 Å². The van der Waals surface area contributed by atoms with Crippen molar-refractivity contribution in [1.29, 1.82) is 0 Å². The van der Waals surface area contributed by atoms with Gasteiger partial charge in [-0.15, -0.1) is 0 Å². The highest BCUT2D eigenvalue weighted by Crippen LogP contribution is 2.40. The molecule has 1 saturated heterocycles. The normalized spacial score (nSPS) is 18.1. The summed E-state index contributed by atoms with van der Waals surface area (Å²) in [6.07, 6.45) is 1.78. The van der Waals surface area contributed by atoms with Crippen molar-refractivity contribution in [3.63, 3.8) is 0 Å². The number of rotatable bonds is 7. The molecule has 0 aliphatic carbocycles. The summed E-state index contributed by atoms with van der Waals surface area (Å²) >= 11 is 6.09. The summed E-state index contributed by atoms with van der Waals surface area (Å²) in [7, 11) is 0. The van der Waals surface area contributed by atoms with E-state index in [0.717, 1.165) is 13.1 Å². The molecule has 1 N–H and O–H groups in total. The summed E-state index contributed by atoms with van der Waals surface area (Å²) in [4.78, 5) is 34.6. The molecule has 0 bridgehead atoms. The lowest BCUT2D eigenvalue weighted by atomic mass is 9.96. The van der Waals surface area contributed by atoms with Gasteiger partial charge in [0.05, 0.1) is 17.3 Å². The number of amides is 1. The number of hydrogen-bond acceptors (Lipinski definition) is 5. The Labute approximate surface area is 197 Å². The summed E-state index contributed by atoms with van der Waals surface area (Å²) in [6.45, 7) is 8.56. The number of aromatic nitrogens is 2. The van der Waals surface area contributed by atoms with Gasteiger partial charge in [0.25, 0.3) is 11.7 Å². The van der Waals surface area contributed by atoms with Crippen LogP contribution in [0, 0.1) is 6.92 Å². The van der Waals surface area contributed by atoms with E-state index in [-0.39, 0.29) is 11.3 Å². The zero-order valence-corrected chi connectivity index (χ0v) is 19.7. The third kappa shape index (κ3) is 4.14. The van der Waals surface area contributed by atoms with Crippen LogP contribution in [0.25, 0.3) is 11.4 Å². The first-order chi connectivity index (χ1) is 15.9. The number of aryl methyl sites for hydroxylation is 1. The fraction of sp³-hybridized carbons (Fsp3) is 0.320. The van der Waals surface area contributed by atoms with Crippen molar-refractivity contribution < 1.29 is 14.7 Å². The van der Waals surface area contributed by atoms with Crippen molar-refractivity contribution in [3.05, 3.63) is 76.2 Å². The molecular formula is C25H27ClN4O3. The Morgan fingerprint density at radius 3 is 2.48 bits per heavy atom. The minimum atomic E-state index is -0.716. The largest absolute Gasteiger partial charge is 0.505 e. The van der Waals surface area contributed by atoms with Crippen LogP contribution in [0.1, 0.15) is 36.8 Å². The van der Waals surface area contributed by atoms with Gasteiger partial charge < -0.3 is 14.9 Å². The quantitative estimate of drug-likeness (QED) is 0.323. The molecule has 8 heteroatoms. The van der Waals surface area contributed by atoms with Crippen LogP contribution >= 0.6 is 11.6 Å². The van der Waals surface area contributed by atoms with Crippen LogP contribution in [0.15, 0.2) is 54.2 Å². The Bertz CT molecular complexity index is 1230. The minimum Gasteiger partial charge on any atom is -0.505 e. The number of halogens is 1. The van der Waals surface area contributed by atoms with E-state index in [1.165, 1.54) is 0 Å². The van der Waals surface area contributed by atoms with Gasteiger partial charge in [-0.2, -0.15) is 0 Å². The highest BCUT2D eigenvalue weighted by Gasteiger charge is 2.46. The van der Waals surface area contributed by atoms with Crippen molar-refractivity contribution in [3.8, 4) is 0 Å². The first-order valence-electron chi connectivity index (χ1n) is 11.1. The highest BCUT2D eigenvalue weighted by atomic mass is 35.5. The summed E-state index contributed by atoms with van der Waals surface area (Å²) in [5, 5.41) is 12.0. The molecule has 0 radical (unpaired) electrons. The van der Waals surface area contributed by atoms with E-state index in [1.54, 1.807) is 46.7 Å². The Morgan fingerprint density at radius 2 is 1.82 bits per heavy atom. The number of carbonyl (C=O) groups is 2. The van der Waals surface area contributed by atoms with Crippen LogP contribution in [0.3, 0.4) is 0 Å². The second-order valence-electron chi connectivity index (χ2n) is 8.05. The van der Waals surface area contributed by atoms with Crippen LogP contribution in [0.2, 0.25) is 5.02 Å². The molecule has 4 rings (SSSR count). The molecule has 1 atom stereocenters. The third-order valence-electron chi connectivity index (χ3n) is 6.21. The summed E-state index contributed by atoms with van der Waals surface area (Å²) in [5.41, 5.74) is 2.41. The first-order valence-corrected chi connectivity index (χ1v) is 11.4. The molecule has 7 nitrogen and oxygen atoms in total. The first kappa shape index (κ1) is 23.0. The monoisotopic (exact) mass is 466 g/mol. The molecule has 0 spiro atoms. The molecule has 1 aliphatic heterocycles. The molecule has 3 heterocycles. The number of carbonyl (C=O) groups excluding carboxylic acids is 2. The van der Waals surface area contributed by atoms with Gasteiger partial charge in [-0.1, -0.05) is 43.6 Å². The lowest BCUT2D eigenvalue weighted by molar-refractivity contribution is -0.140. The molecule has 1 fully saturated rings. The number of likely N-dealkylation sites (N-methyl/N-ethyl adjacent to an activating group) is 1. The van der Waals surface area contributed by atoms with Crippen LogP contribution in [0.4, 0.5) is 0 Å². The molecular weight excluding hydrogens is 440 g/mol. The summed E-state index contributed by atoms with van der Waals surface area (Å²) in [5.74, 6) is -1.54. The lowest BCUT2D eigenvalue weighted by Gasteiger charge is -2.28. The Hall–Kier alpha value is -3.16. The lowest BCUT2D eigenvalue weighted by Crippen LogP contribution is -2.38. The smallest absolute Gasteiger partial charge is 0.295 e. The van der Waals surface area contributed by atoms with Gasteiger partial charge in [0.1, 0.15) is 11.3 Å². The molecule has 1 aliphatic rings. The fourth-order valence-corrected chi connectivity index (χ4v) is 4.54. The number of hydrogen-bond donors (Lipinski definition) is 1. The van der Waals surface area contributed by atoms with Gasteiger partial charge in [0.2, 0.25) is 0 Å². The molecule has 172 valence electrons. The maximum atomic E-state index is 13.3. The van der Waals surface area contributed by atoms with Crippen molar-refractivity contribution in [2.45, 2.75) is 26.8 Å². The fourth-order valence-electron chi connectivity index (χ4n) is 4.42. The predicted molar refractivity (Wildman–Crippen MR) is 128 cm³/mol. The maximum absolute atomic E-state index is 13.3. The number of likely N-dealkylation sites (tertiary alicyclic amines) is 1. The number of aliphatic hydroxyl groups excluding tert-OH is 1. The number of nitrogens with zero attached hydrogens (tertiary/aromatic N) is 4. The van der Waals surface area contributed by atoms with Crippen LogP contribution < -0.4 is 0 Å². The number of Topliss-reactive ketones (excluding diaryl/α,β-unsaturated/α-hetero) is 1. The van der Waals surface area contributed by atoms with Gasteiger partial charge in [0.15, 0.2) is 5.76 Å².